The first-order valence-corrected chi connectivity index (χ1v) is 5.52. The molecule has 0 spiro atoms. The molecule has 20 heavy (non-hydrogen) atoms. The second-order valence-electron chi connectivity index (χ2n) is 3.88. The Bertz CT molecular complexity index is 621. The number of hydrogen-bond donors (Lipinski definition) is 0. The van der Waals surface area contributed by atoms with E-state index in [1.165, 1.54) is 12.1 Å². The molecule has 0 unspecified atom stereocenters. The van der Waals surface area contributed by atoms with Gasteiger partial charge in [0, 0.05) is 5.56 Å². The van der Waals surface area contributed by atoms with Crippen LogP contribution in [0.4, 0.5) is 17.6 Å². The number of carbonyl (C=O) groups is 1. The molecule has 2 aromatic carbocycles. The van der Waals surface area contributed by atoms with Gasteiger partial charge in [-0.1, -0.05) is 30.3 Å². The van der Waals surface area contributed by atoms with Gasteiger partial charge in [-0.25, -0.2) is 4.39 Å². The molecule has 104 valence electrons. The van der Waals surface area contributed by atoms with Gasteiger partial charge in [0.1, 0.15) is 11.6 Å². The average molecular weight is 284 g/mol. The Balaban J connectivity index is 2.36. The zero-order chi connectivity index (χ0) is 14.8. The summed E-state index contributed by atoms with van der Waals surface area (Å²) in [4.78, 5) is 12.0. The second-order valence-corrected chi connectivity index (χ2v) is 3.88. The molecule has 0 fully saturated rings. The molecule has 0 saturated carbocycles. The summed E-state index contributed by atoms with van der Waals surface area (Å²) < 4.78 is 53.5. The molecule has 0 heterocycles. The smallest absolute Gasteiger partial charge is 0.406 e. The third-order valence-electron chi connectivity index (χ3n) is 2.45. The van der Waals surface area contributed by atoms with E-state index < -0.39 is 29.3 Å². The molecule has 2 rings (SSSR count). The van der Waals surface area contributed by atoms with E-state index in [1.807, 2.05) is 0 Å². The summed E-state index contributed by atoms with van der Waals surface area (Å²) >= 11 is 0. The van der Waals surface area contributed by atoms with Crippen LogP contribution in [0.2, 0.25) is 0 Å². The van der Waals surface area contributed by atoms with Gasteiger partial charge in [0.2, 0.25) is 0 Å². The minimum absolute atomic E-state index is 0.176. The van der Waals surface area contributed by atoms with Crippen LogP contribution in [0, 0.1) is 5.82 Å². The first-order valence-electron chi connectivity index (χ1n) is 5.52. The Morgan fingerprint density at radius 2 is 1.65 bits per heavy atom. The molecule has 0 aliphatic heterocycles. The van der Waals surface area contributed by atoms with Crippen molar-refractivity contribution < 1.29 is 27.1 Å². The molecule has 0 bridgehead atoms. The maximum atomic E-state index is 13.6. The zero-order valence-corrected chi connectivity index (χ0v) is 9.95. The standard InChI is InChI=1S/C14H8F4O2/c15-12-7-6-10(20-14(16,17)18)8-11(12)13(19)9-4-2-1-3-5-9/h1-8H. The number of ketones is 1. The van der Waals surface area contributed by atoms with Crippen LogP contribution in [0.15, 0.2) is 48.5 Å². The van der Waals surface area contributed by atoms with E-state index in [-0.39, 0.29) is 5.56 Å². The lowest BCUT2D eigenvalue weighted by atomic mass is 10.0. The lowest BCUT2D eigenvalue weighted by Gasteiger charge is -2.10. The number of carbonyl (C=O) groups excluding carboxylic acids is 1. The normalized spacial score (nSPS) is 11.2. The maximum Gasteiger partial charge on any atom is 0.573 e. The first-order chi connectivity index (χ1) is 9.37. The molecule has 0 aromatic heterocycles. The minimum atomic E-state index is -4.90. The van der Waals surface area contributed by atoms with Crippen molar-refractivity contribution in [2.24, 2.45) is 0 Å². The fourth-order valence-electron chi connectivity index (χ4n) is 1.62. The van der Waals surface area contributed by atoms with Crippen molar-refractivity contribution >= 4 is 5.78 Å². The molecule has 0 saturated heterocycles. The van der Waals surface area contributed by atoms with Crippen molar-refractivity contribution in [3.05, 3.63) is 65.5 Å². The van der Waals surface area contributed by atoms with E-state index in [4.69, 9.17) is 0 Å². The molecule has 0 aliphatic rings. The number of rotatable bonds is 3. The molecule has 0 amide bonds. The van der Waals surface area contributed by atoms with Gasteiger partial charge in [0.25, 0.3) is 0 Å². The van der Waals surface area contributed by atoms with Crippen LogP contribution in [-0.2, 0) is 0 Å². The van der Waals surface area contributed by atoms with Crippen molar-refractivity contribution in [1.29, 1.82) is 0 Å². The summed E-state index contributed by atoms with van der Waals surface area (Å²) in [7, 11) is 0. The summed E-state index contributed by atoms with van der Waals surface area (Å²) in [6, 6.07) is 10.00. The second kappa shape index (κ2) is 5.32. The highest BCUT2D eigenvalue weighted by Gasteiger charge is 2.31. The monoisotopic (exact) mass is 284 g/mol. The number of hydrogen-bond acceptors (Lipinski definition) is 2. The molecule has 0 N–H and O–H groups in total. The van der Waals surface area contributed by atoms with Crippen LogP contribution < -0.4 is 4.74 Å². The maximum absolute atomic E-state index is 13.6. The van der Waals surface area contributed by atoms with Crippen LogP contribution >= 0.6 is 0 Å². The van der Waals surface area contributed by atoms with Gasteiger partial charge in [0.05, 0.1) is 5.56 Å². The summed E-state index contributed by atoms with van der Waals surface area (Å²) in [5.41, 5.74) is -0.298. The zero-order valence-electron chi connectivity index (χ0n) is 9.95. The highest BCUT2D eigenvalue weighted by atomic mass is 19.4. The fraction of sp³-hybridized carbons (Fsp3) is 0.0714. The van der Waals surface area contributed by atoms with Gasteiger partial charge in [0.15, 0.2) is 5.78 Å². The summed E-state index contributed by atoms with van der Waals surface area (Å²) in [6.07, 6.45) is -4.90. The van der Waals surface area contributed by atoms with Gasteiger partial charge >= 0.3 is 6.36 Å². The Morgan fingerprint density at radius 1 is 1.00 bits per heavy atom. The minimum Gasteiger partial charge on any atom is -0.406 e. The third-order valence-corrected chi connectivity index (χ3v) is 2.45. The van der Waals surface area contributed by atoms with Crippen molar-refractivity contribution in [2.45, 2.75) is 6.36 Å². The molecule has 0 atom stereocenters. The molecular weight excluding hydrogens is 276 g/mol. The quantitative estimate of drug-likeness (QED) is 0.630. The molecule has 6 heteroatoms. The predicted octanol–water partition coefficient (Wildman–Crippen LogP) is 3.96. The Labute approximate surface area is 111 Å². The van der Waals surface area contributed by atoms with E-state index >= 15 is 0 Å². The van der Waals surface area contributed by atoms with Gasteiger partial charge < -0.3 is 4.74 Å². The Morgan fingerprint density at radius 3 is 2.25 bits per heavy atom. The van der Waals surface area contributed by atoms with E-state index in [0.717, 1.165) is 18.2 Å². The van der Waals surface area contributed by atoms with Crippen molar-refractivity contribution in [2.75, 3.05) is 0 Å². The van der Waals surface area contributed by atoms with Gasteiger partial charge in [-0.05, 0) is 18.2 Å². The van der Waals surface area contributed by atoms with Crippen molar-refractivity contribution in [3.63, 3.8) is 0 Å². The Hall–Kier alpha value is -2.37. The molecule has 0 aliphatic carbocycles. The van der Waals surface area contributed by atoms with Gasteiger partial charge in [-0.2, -0.15) is 0 Å². The van der Waals surface area contributed by atoms with Crippen LogP contribution in [0.25, 0.3) is 0 Å². The van der Waals surface area contributed by atoms with Gasteiger partial charge in [-0.3, -0.25) is 4.79 Å². The predicted molar refractivity (Wildman–Crippen MR) is 63.0 cm³/mol. The first kappa shape index (κ1) is 14.0. The van der Waals surface area contributed by atoms with Gasteiger partial charge in [-0.15, -0.1) is 13.2 Å². The summed E-state index contributed by atoms with van der Waals surface area (Å²) in [6.45, 7) is 0. The summed E-state index contributed by atoms with van der Waals surface area (Å²) in [5.74, 6) is -2.26. The Kier molecular flexibility index (Phi) is 3.74. The van der Waals surface area contributed by atoms with Crippen LogP contribution in [0.3, 0.4) is 0 Å². The highest BCUT2D eigenvalue weighted by molar-refractivity contribution is 6.09. The molecular formula is C14H8F4O2. The summed E-state index contributed by atoms with van der Waals surface area (Å²) in [5, 5.41) is 0. The largest absolute Gasteiger partial charge is 0.573 e. The fourth-order valence-corrected chi connectivity index (χ4v) is 1.62. The number of ether oxygens (including phenoxy) is 1. The average Bonchev–Trinajstić information content (AvgIpc) is 2.40. The molecule has 2 aromatic rings. The van der Waals surface area contributed by atoms with Crippen LogP contribution in [0.1, 0.15) is 15.9 Å². The van der Waals surface area contributed by atoms with E-state index in [0.29, 0.717) is 0 Å². The van der Waals surface area contributed by atoms with Crippen LogP contribution in [0.5, 0.6) is 5.75 Å². The third kappa shape index (κ3) is 3.34. The number of benzene rings is 2. The van der Waals surface area contributed by atoms with Crippen molar-refractivity contribution in [3.8, 4) is 5.75 Å². The lowest BCUT2D eigenvalue weighted by molar-refractivity contribution is -0.274. The van der Waals surface area contributed by atoms with E-state index in [9.17, 15) is 22.4 Å². The van der Waals surface area contributed by atoms with Crippen LogP contribution in [-0.4, -0.2) is 12.1 Å². The van der Waals surface area contributed by atoms with Crippen molar-refractivity contribution in [1.82, 2.24) is 0 Å². The number of halogens is 4. The highest BCUT2D eigenvalue weighted by Crippen LogP contribution is 2.25. The number of alkyl halides is 3. The van der Waals surface area contributed by atoms with E-state index in [1.54, 1.807) is 18.2 Å². The topological polar surface area (TPSA) is 26.3 Å². The molecule has 2 nitrogen and oxygen atoms in total. The van der Waals surface area contributed by atoms with E-state index in [2.05, 4.69) is 4.74 Å². The SMILES string of the molecule is O=C(c1ccccc1)c1cc(OC(F)(F)F)ccc1F. The molecule has 0 radical (unpaired) electrons. The lowest BCUT2D eigenvalue weighted by Crippen LogP contribution is -2.17.